The molecule has 110 valence electrons. The molecule has 0 aliphatic rings. The molecule has 3 rings (SSSR count). The van der Waals surface area contributed by atoms with Crippen molar-refractivity contribution in [2.24, 2.45) is 0 Å². The molecule has 2 aromatic carbocycles. The van der Waals surface area contributed by atoms with Crippen molar-refractivity contribution in [3.8, 4) is 11.3 Å². The van der Waals surface area contributed by atoms with Crippen LogP contribution in [0.3, 0.4) is 0 Å². The van der Waals surface area contributed by atoms with Gasteiger partial charge >= 0.3 is 0 Å². The molecule has 3 aromatic rings. The highest BCUT2D eigenvalue weighted by atomic mass is 19.1. The van der Waals surface area contributed by atoms with Crippen LogP contribution < -0.4 is 10.9 Å². The number of benzene rings is 2. The standard InChI is InChI=1S/C17H14FN3O/c18-14-9-5-4-8-13(14)11-19-17-20-15(10-16(22)21-17)12-6-2-1-3-7-12/h1-10H,11H2,(H2,19,20,21,22). The zero-order valence-electron chi connectivity index (χ0n) is 11.7. The molecular formula is C17H14FN3O. The first-order valence-electron chi connectivity index (χ1n) is 6.86. The molecule has 0 bridgehead atoms. The van der Waals surface area contributed by atoms with Gasteiger partial charge in [-0.3, -0.25) is 9.78 Å². The minimum atomic E-state index is -0.295. The lowest BCUT2D eigenvalue weighted by molar-refractivity contribution is 0.612. The summed E-state index contributed by atoms with van der Waals surface area (Å²) in [4.78, 5) is 18.7. The Morgan fingerprint density at radius 1 is 1.05 bits per heavy atom. The van der Waals surface area contributed by atoms with Crippen LogP contribution in [-0.2, 0) is 6.54 Å². The molecule has 0 fully saturated rings. The van der Waals surface area contributed by atoms with Gasteiger partial charge in [-0.2, -0.15) is 0 Å². The van der Waals surface area contributed by atoms with Crippen molar-refractivity contribution in [2.75, 3.05) is 5.32 Å². The zero-order valence-corrected chi connectivity index (χ0v) is 11.7. The number of rotatable bonds is 4. The minimum Gasteiger partial charge on any atom is -0.352 e. The smallest absolute Gasteiger partial charge is 0.252 e. The summed E-state index contributed by atoms with van der Waals surface area (Å²) >= 11 is 0. The molecule has 1 aromatic heterocycles. The van der Waals surface area contributed by atoms with Gasteiger partial charge in [0.25, 0.3) is 5.56 Å². The fraction of sp³-hybridized carbons (Fsp3) is 0.0588. The molecule has 0 aliphatic carbocycles. The maximum Gasteiger partial charge on any atom is 0.252 e. The Labute approximate surface area is 126 Å². The number of nitrogens with zero attached hydrogens (tertiary/aromatic N) is 1. The highest BCUT2D eigenvalue weighted by Gasteiger charge is 2.05. The van der Waals surface area contributed by atoms with Crippen LogP contribution in [-0.4, -0.2) is 9.97 Å². The van der Waals surface area contributed by atoms with Crippen molar-refractivity contribution >= 4 is 5.95 Å². The maximum absolute atomic E-state index is 13.6. The van der Waals surface area contributed by atoms with Gasteiger partial charge in [-0.15, -0.1) is 0 Å². The normalized spacial score (nSPS) is 10.4. The minimum absolute atomic E-state index is 0.244. The Morgan fingerprint density at radius 3 is 2.55 bits per heavy atom. The van der Waals surface area contributed by atoms with Crippen molar-refractivity contribution in [2.45, 2.75) is 6.54 Å². The van der Waals surface area contributed by atoms with Gasteiger partial charge in [0, 0.05) is 23.7 Å². The summed E-state index contributed by atoms with van der Waals surface area (Å²) in [6, 6.07) is 17.3. The number of aromatic nitrogens is 2. The molecule has 0 amide bonds. The summed E-state index contributed by atoms with van der Waals surface area (Å²) in [6.07, 6.45) is 0. The van der Waals surface area contributed by atoms with Crippen LogP contribution in [0.15, 0.2) is 65.5 Å². The van der Waals surface area contributed by atoms with Crippen molar-refractivity contribution in [3.63, 3.8) is 0 Å². The summed E-state index contributed by atoms with van der Waals surface area (Å²) in [5.41, 5.74) is 1.67. The fourth-order valence-electron chi connectivity index (χ4n) is 2.12. The predicted octanol–water partition coefficient (Wildman–Crippen LogP) is 3.19. The Hall–Kier alpha value is -2.95. The number of hydrogen-bond donors (Lipinski definition) is 2. The Kier molecular flexibility index (Phi) is 3.96. The van der Waals surface area contributed by atoms with Gasteiger partial charge in [-0.05, 0) is 6.07 Å². The van der Waals surface area contributed by atoms with Crippen LogP contribution in [0.5, 0.6) is 0 Å². The number of anilines is 1. The van der Waals surface area contributed by atoms with E-state index in [-0.39, 0.29) is 17.9 Å². The number of H-pyrrole nitrogens is 1. The third-order valence-electron chi connectivity index (χ3n) is 3.22. The van der Waals surface area contributed by atoms with Gasteiger partial charge in [0.15, 0.2) is 0 Å². The first kappa shape index (κ1) is 14.0. The molecule has 5 heteroatoms. The third-order valence-corrected chi connectivity index (χ3v) is 3.22. The third kappa shape index (κ3) is 3.20. The first-order valence-corrected chi connectivity index (χ1v) is 6.86. The summed E-state index contributed by atoms with van der Waals surface area (Å²) in [6.45, 7) is 0.244. The van der Waals surface area contributed by atoms with E-state index in [2.05, 4.69) is 15.3 Å². The Bertz CT molecular complexity index is 831. The molecule has 0 radical (unpaired) electrons. The van der Waals surface area contributed by atoms with E-state index >= 15 is 0 Å². The molecule has 2 N–H and O–H groups in total. The zero-order chi connectivity index (χ0) is 15.4. The lowest BCUT2D eigenvalue weighted by atomic mass is 10.1. The van der Waals surface area contributed by atoms with E-state index in [1.54, 1.807) is 18.2 Å². The largest absolute Gasteiger partial charge is 0.352 e. The highest BCUT2D eigenvalue weighted by molar-refractivity contribution is 5.59. The monoisotopic (exact) mass is 295 g/mol. The van der Waals surface area contributed by atoms with E-state index in [0.29, 0.717) is 17.2 Å². The van der Waals surface area contributed by atoms with E-state index in [0.717, 1.165) is 5.56 Å². The highest BCUT2D eigenvalue weighted by Crippen LogP contribution is 2.16. The lowest BCUT2D eigenvalue weighted by Crippen LogP contribution is -2.13. The van der Waals surface area contributed by atoms with Crippen LogP contribution in [0.2, 0.25) is 0 Å². The summed E-state index contributed by atoms with van der Waals surface area (Å²) in [5.74, 6) is 0.0196. The molecular weight excluding hydrogens is 281 g/mol. The second-order valence-corrected chi connectivity index (χ2v) is 4.79. The van der Waals surface area contributed by atoms with Crippen molar-refractivity contribution in [3.05, 3.63) is 82.4 Å². The van der Waals surface area contributed by atoms with Crippen LogP contribution in [0.25, 0.3) is 11.3 Å². The average Bonchev–Trinajstić information content (AvgIpc) is 2.54. The lowest BCUT2D eigenvalue weighted by Gasteiger charge is -2.08. The molecule has 0 unspecified atom stereocenters. The van der Waals surface area contributed by atoms with Gasteiger partial charge in [-0.25, -0.2) is 9.37 Å². The molecule has 22 heavy (non-hydrogen) atoms. The first-order chi connectivity index (χ1) is 10.7. The van der Waals surface area contributed by atoms with Gasteiger partial charge in [0.05, 0.1) is 5.69 Å². The summed E-state index contributed by atoms with van der Waals surface area (Å²) in [7, 11) is 0. The average molecular weight is 295 g/mol. The molecule has 0 saturated carbocycles. The Morgan fingerprint density at radius 2 is 1.77 bits per heavy atom. The van der Waals surface area contributed by atoms with E-state index < -0.39 is 0 Å². The van der Waals surface area contributed by atoms with Crippen LogP contribution >= 0.6 is 0 Å². The quantitative estimate of drug-likeness (QED) is 0.777. The van der Waals surface area contributed by atoms with Gasteiger partial charge < -0.3 is 5.32 Å². The number of halogens is 1. The summed E-state index contributed by atoms with van der Waals surface area (Å²) < 4.78 is 13.6. The number of aromatic amines is 1. The van der Waals surface area contributed by atoms with E-state index in [1.807, 2.05) is 30.3 Å². The molecule has 4 nitrogen and oxygen atoms in total. The summed E-state index contributed by atoms with van der Waals surface area (Å²) in [5, 5.41) is 2.95. The molecule has 0 saturated heterocycles. The predicted molar refractivity (Wildman–Crippen MR) is 84.0 cm³/mol. The molecule has 0 atom stereocenters. The van der Waals surface area contributed by atoms with Gasteiger partial charge in [-0.1, -0.05) is 48.5 Å². The van der Waals surface area contributed by atoms with Crippen LogP contribution in [0.4, 0.5) is 10.3 Å². The van der Waals surface area contributed by atoms with Crippen molar-refractivity contribution in [1.29, 1.82) is 0 Å². The number of nitrogens with one attached hydrogen (secondary N) is 2. The molecule has 0 aliphatic heterocycles. The van der Waals surface area contributed by atoms with Crippen molar-refractivity contribution < 1.29 is 4.39 Å². The van der Waals surface area contributed by atoms with E-state index in [4.69, 9.17) is 0 Å². The Balaban J connectivity index is 1.84. The van der Waals surface area contributed by atoms with Crippen LogP contribution in [0, 0.1) is 5.82 Å². The molecule has 1 heterocycles. The van der Waals surface area contributed by atoms with Gasteiger partial charge in [0.2, 0.25) is 5.95 Å². The van der Waals surface area contributed by atoms with Gasteiger partial charge in [0.1, 0.15) is 5.82 Å². The molecule has 0 spiro atoms. The van der Waals surface area contributed by atoms with E-state index in [1.165, 1.54) is 12.1 Å². The number of hydrogen-bond acceptors (Lipinski definition) is 3. The van der Waals surface area contributed by atoms with E-state index in [9.17, 15) is 9.18 Å². The topological polar surface area (TPSA) is 57.8 Å². The van der Waals surface area contributed by atoms with Crippen molar-refractivity contribution in [1.82, 2.24) is 9.97 Å². The second-order valence-electron chi connectivity index (χ2n) is 4.79. The fourth-order valence-corrected chi connectivity index (χ4v) is 2.12. The van der Waals surface area contributed by atoms with Crippen LogP contribution in [0.1, 0.15) is 5.56 Å². The maximum atomic E-state index is 13.6. The SMILES string of the molecule is O=c1cc(-c2ccccc2)nc(NCc2ccccc2F)[nH]1. The second kappa shape index (κ2) is 6.22.